The summed E-state index contributed by atoms with van der Waals surface area (Å²) in [5.41, 5.74) is 3.96. The van der Waals surface area contributed by atoms with Crippen molar-refractivity contribution >= 4 is 23.4 Å². The third-order valence-corrected chi connectivity index (χ3v) is 4.87. The van der Waals surface area contributed by atoms with E-state index in [1.807, 2.05) is 0 Å². The summed E-state index contributed by atoms with van der Waals surface area (Å²) in [5, 5.41) is 2.36. The molecule has 1 saturated heterocycles. The highest BCUT2D eigenvalue weighted by atomic mass is 19.1. The second kappa shape index (κ2) is 7.94. The number of hydrogen-bond donors (Lipinski definition) is 2. The average molecular weight is 402 g/mol. The fourth-order valence-corrected chi connectivity index (χ4v) is 3.54. The van der Waals surface area contributed by atoms with Gasteiger partial charge >= 0.3 is 11.8 Å². The SMILES string of the molecule is C[C@@]1(F)CCCN(C(=O)C(=O)Nc2cncc(C(N)=O)c2)[C@@H]1c1ccc(F)cc1. The molecule has 0 bridgehead atoms. The third-order valence-electron chi connectivity index (χ3n) is 4.87. The van der Waals surface area contributed by atoms with Gasteiger partial charge in [-0.05, 0) is 43.5 Å². The number of likely N-dealkylation sites (tertiary alicyclic amines) is 1. The molecule has 3 rings (SSSR count). The first-order valence-corrected chi connectivity index (χ1v) is 9.00. The number of anilines is 1. The van der Waals surface area contributed by atoms with Crippen LogP contribution < -0.4 is 11.1 Å². The van der Waals surface area contributed by atoms with Gasteiger partial charge in [0, 0.05) is 12.7 Å². The van der Waals surface area contributed by atoms with Gasteiger partial charge in [0.15, 0.2) is 0 Å². The Balaban J connectivity index is 1.85. The topological polar surface area (TPSA) is 105 Å². The Kier molecular flexibility index (Phi) is 5.58. The van der Waals surface area contributed by atoms with E-state index in [9.17, 15) is 18.8 Å². The van der Waals surface area contributed by atoms with Crippen molar-refractivity contribution in [2.24, 2.45) is 5.73 Å². The maximum absolute atomic E-state index is 15.3. The Morgan fingerprint density at radius 2 is 1.93 bits per heavy atom. The summed E-state index contributed by atoms with van der Waals surface area (Å²) in [6, 6.07) is 5.43. The molecule has 152 valence electrons. The molecule has 2 aromatic rings. The largest absolute Gasteiger partial charge is 0.366 e. The van der Waals surface area contributed by atoms with Gasteiger partial charge in [0.1, 0.15) is 11.5 Å². The van der Waals surface area contributed by atoms with E-state index in [1.165, 1.54) is 49.6 Å². The summed E-state index contributed by atoms with van der Waals surface area (Å²) < 4.78 is 28.6. The molecule has 3 N–H and O–H groups in total. The lowest BCUT2D eigenvalue weighted by Crippen LogP contribution is -2.52. The van der Waals surface area contributed by atoms with Gasteiger partial charge in [0.25, 0.3) is 0 Å². The molecule has 2 heterocycles. The number of benzene rings is 1. The number of nitrogens with zero attached hydrogens (tertiary/aromatic N) is 2. The molecule has 29 heavy (non-hydrogen) atoms. The van der Waals surface area contributed by atoms with Crippen molar-refractivity contribution in [3.05, 3.63) is 59.7 Å². The zero-order chi connectivity index (χ0) is 21.2. The number of nitrogens with two attached hydrogens (primary N) is 1. The summed E-state index contributed by atoms with van der Waals surface area (Å²) in [7, 11) is 0. The van der Waals surface area contributed by atoms with E-state index in [2.05, 4.69) is 10.3 Å². The van der Waals surface area contributed by atoms with Gasteiger partial charge in [-0.2, -0.15) is 0 Å². The summed E-state index contributed by atoms with van der Waals surface area (Å²) in [5.74, 6) is -3.16. The van der Waals surface area contributed by atoms with Crippen LogP contribution in [0.5, 0.6) is 0 Å². The predicted octanol–water partition coefficient (Wildman–Crippen LogP) is 2.35. The first kappa shape index (κ1) is 20.4. The number of halogens is 2. The number of alkyl halides is 1. The molecule has 1 aromatic heterocycles. The van der Waals surface area contributed by atoms with Crippen LogP contribution in [-0.4, -0.2) is 39.8 Å². The van der Waals surface area contributed by atoms with Crippen LogP contribution in [0.25, 0.3) is 0 Å². The van der Waals surface area contributed by atoms with E-state index < -0.39 is 35.2 Å². The van der Waals surface area contributed by atoms with Crippen LogP contribution in [0.3, 0.4) is 0 Å². The summed E-state index contributed by atoms with van der Waals surface area (Å²) >= 11 is 0. The van der Waals surface area contributed by atoms with Crippen molar-refractivity contribution in [1.29, 1.82) is 0 Å². The van der Waals surface area contributed by atoms with E-state index in [0.29, 0.717) is 12.0 Å². The molecule has 1 aromatic carbocycles. The lowest BCUT2D eigenvalue weighted by atomic mass is 9.83. The van der Waals surface area contributed by atoms with Gasteiger partial charge in [0.2, 0.25) is 5.91 Å². The van der Waals surface area contributed by atoms with Crippen LogP contribution in [0.2, 0.25) is 0 Å². The van der Waals surface area contributed by atoms with Gasteiger partial charge in [0.05, 0.1) is 23.5 Å². The first-order valence-electron chi connectivity index (χ1n) is 9.00. The molecule has 0 spiro atoms. The van der Waals surface area contributed by atoms with Crippen LogP contribution in [0.15, 0.2) is 42.7 Å². The van der Waals surface area contributed by atoms with Crippen molar-refractivity contribution in [2.75, 3.05) is 11.9 Å². The highest BCUT2D eigenvalue weighted by molar-refractivity contribution is 6.39. The van der Waals surface area contributed by atoms with Gasteiger partial charge < -0.3 is 16.0 Å². The predicted molar refractivity (Wildman–Crippen MR) is 101 cm³/mol. The normalized spacial score (nSPS) is 21.5. The summed E-state index contributed by atoms with van der Waals surface area (Å²) in [6.45, 7) is 1.53. The molecule has 0 aliphatic carbocycles. The molecule has 7 nitrogen and oxygen atoms in total. The maximum atomic E-state index is 15.3. The second-order valence-corrected chi connectivity index (χ2v) is 7.11. The molecule has 1 fully saturated rings. The Labute approximate surface area is 165 Å². The molecule has 1 aliphatic heterocycles. The molecule has 2 atom stereocenters. The highest BCUT2D eigenvalue weighted by Crippen LogP contribution is 2.42. The summed E-state index contributed by atoms with van der Waals surface area (Å²) in [6.07, 6.45) is 3.06. The number of piperidine rings is 1. The quantitative estimate of drug-likeness (QED) is 0.769. The zero-order valence-electron chi connectivity index (χ0n) is 15.7. The lowest BCUT2D eigenvalue weighted by molar-refractivity contribution is -0.149. The van der Waals surface area contributed by atoms with E-state index >= 15 is 4.39 Å². The minimum Gasteiger partial charge on any atom is -0.366 e. The average Bonchev–Trinajstić information content (AvgIpc) is 2.67. The number of carbonyl (C=O) groups excluding carboxylic acids is 3. The Morgan fingerprint density at radius 1 is 1.24 bits per heavy atom. The molecule has 0 unspecified atom stereocenters. The molecule has 0 radical (unpaired) electrons. The van der Waals surface area contributed by atoms with Crippen LogP contribution in [0.1, 0.15) is 41.7 Å². The van der Waals surface area contributed by atoms with Crippen LogP contribution >= 0.6 is 0 Å². The molecule has 1 aliphatic rings. The number of primary amides is 1. The smallest absolute Gasteiger partial charge is 0.313 e. The fraction of sp³-hybridized carbons (Fsp3) is 0.300. The Morgan fingerprint density at radius 3 is 2.59 bits per heavy atom. The minimum absolute atomic E-state index is 0.0637. The number of amides is 3. The van der Waals surface area contributed by atoms with Crippen LogP contribution in [0.4, 0.5) is 14.5 Å². The van der Waals surface area contributed by atoms with Crippen LogP contribution in [-0.2, 0) is 9.59 Å². The van der Waals surface area contributed by atoms with E-state index in [0.717, 1.165) is 4.90 Å². The number of aromatic nitrogens is 1. The van der Waals surface area contributed by atoms with Gasteiger partial charge in [-0.3, -0.25) is 19.4 Å². The molecular weight excluding hydrogens is 382 g/mol. The fourth-order valence-electron chi connectivity index (χ4n) is 3.54. The van der Waals surface area contributed by atoms with Gasteiger partial charge in [-0.1, -0.05) is 12.1 Å². The number of carbonyl (C=O) groups is 3. The molecule has 3 amide bonds. The number of nitrogens with one attached hydrogen (secondary N) is 1. The maximum Gasteiger partial charge on any atom is 0.313 e. The van der Waals surface area contributed by atoms with Crippen molar-refractivity contribution in [2.45, 2.75) is 31.5 Å². The number of pyridine rings is 1. The van der Waals surface area contributed by atoms with E-state index in [4.69, 9.17) is 5.73 Å². The van der Waals surface area contributed by atoms with Crippen molar-refractivity contribution in [3.63, 3.8) is 0 Å². The zero-order valence-corrected chi connectivity index (χ0v) is 15.7. The van der Waals surface area contributed by atoms with E-state index in [-0.39, 0.29) is 24.2 Å². The highest BCUT2D eigenvalue weighted by Gasteiger charge is 2.45. The first-order chi connectivity index (χ1) is 13.7. The molecule has 0 saturated carbocycles. The van der Waals surface area contributed by atoms with Gasteiger partial charge in [-0.15, -0.1) is 0 Å². The summed E-state index contributed by atoms with van der Waals surface area (Å²) in [4.78, 5) is 41.5. The van der Waals surface area contributed by atoms with Crippen molar-refractivity contribution in [3.8, 4) is 0 Å². The second-order valence-electron chi connectivity index (χ2n) is 7.11. The number of rotatable bonds is 3. The number of hydrogen-bond acceptors (Lipinski definition) is 4. The Bertz CT molecular complexity index is 947. The minimum atomic E-state index is -1.79. The Hall–Kier alpha value is -3.36. The molecular formula is C20H20F2N4O3. The standard InChI is InChI=1S/C20H20F2N4O3/c1-20(22)7-2-8-26(16(20)12-3-5-14(21)6-4-12)19(29)18(28)25-15-9-13(17(23)27)10-24-11-15/h3-6,9-11,16H,2,7-8H2,1H3,(H2,23,27)(H,25,28)/t16-,20-/m1/s1. The van der Waals surface area contributed by atoms with Crippen molar-refractivity contribution in [1.82, 2.24) is 9.88 Å². The lowest BCUT2D eigenvalue weighted by Gasteiger charge is -2.43. The van der Waals surface area contributed by atoms with E-state index in [1.54, 1.807) is 0 Å². The monoisotopic (exact) mass is 402 g/mol. The third kappa shape index (κ3) is 4.39. The van der Waals surface area contributed by atoms with Crippen LogP contribution in [0, 0.1) is 5.82 Å². The van der Waals surface area contributed by atoms with Crippen molar-refractivity contribution < 1.29 is 23.2 Å². The molecule has 9 heteroatoms. The van der Waals surface area contributed by atoms with Gasteiger partial charge in [-0.25, -0.2) is 8.78 Å².